The van der Waals surface area contributed by atoms with Crippen molar-refractivity contribution in [3.63, 3.8) is 0 Å². The third-order valence-corrected chi connectivity index (χ3v) is 2.21. The highest BCUT2D eigenvalue weighted by atomic mass is 32.2. The molecule has 0 aliphatic carbocycles. The van der Waals surface area contributed by atoms with Crippen molar-refractivity contribution in [2.45, 2.75) is 18.1 Å². The minimum Gasteiger partial charge on any atom is -0.320 e. The highest BCUT2D eigenvalue weighted by Crippen LogP contribution is 2.11. The van der Waals surface area contributed by atoms with E-state index < -0.39 is 0 Å². The van der Waals surface area contributed by atoms with Gasteiger partial charge in [-0.25, -0.2) is 0 Å². The van der Waals surface area contributed by atoms with Gasteiger partial charge in [-0.15, -0.1) is 11.8 Å². The van der Waals surface area contributed by atoms with E-state index in [2.05, 4.69) is 4.98 Å². The predicted molar refractivity (Wildman–Crippen MR) is 49.2 cm³/mol. The topological polar surface area (TPSA) is 38.9 Å². The molecule has 1 unspecified atom stereocenters. The summed E-state index contributed by atoms with van der Waals surface area (Å²) in [5.41, 5.74) is 6.67. The van der Waals surface area contributed by atoms with Crippen molar-refractivity contribution in [1.82, 2.24) is 4.98 Å². The van der Waals surface area contributed by atoms with Crippen LogP contribution >= 0.6 is 11.8 Å². The molecule has 0 aliphatic rings. The molecular formula is C8H12N2S. The van der Waals surface area contributed by atoms with Crippen molar-refractivity contribution in [1.29, 1.82) is 0 Å². The van der Waals surface area contributed by atoms with E-state index in [0.29, 0.717) is 0 Å². The number of thioether (sulfide) groups is 1. The molecule has 0 radical (unpaired) electrons. The number of nitrogens with zero attached hydrogens (tertiary/aromatic N) is 1. The van der Waals surface area contributed by atoms with Crippen LogP contribution in [0.1, 0.15) is 12.6 Å². The van der Waals surface area contributed by atoms with E-state index in [-0.39, 0.29) is 5.37 Å². The van der Waals surface area contributed by atoms with E-state index in [9.17, 15) is 0 Å². The molecule has 1 atom stereocenters. The van der Waals surface area contributed by atoms with E-state index in [1.807, 2.05) is 25.1 Å². The van der Waals surface area contributed by atoms with Gasteiger partial charge in [0, 0.05) is 17.3 Å². The molecule has 0 bridgehead atoms. The van der Waals surface area contributed by atoms with Gasteiger partial charge in [0.1, 0.15) is 0 Å². The number of pyridine rings is 1. The van der Waals surface area contributed by atoms with Crippen LogP contribution in [0.3, 0.4) is 0 Å². The molecule has 0 fully saturated rings. The summed E-state index contributed by atoms with van der Waals surface area (Å²) in [5.74, 6) is 0.901. The SMILES string of the molecule is CC(N)SCc1ccccn1. The molecule has 0 aromatic carbocycles. The van der Waals surface area contributed by atoms with Gasteiger partial charge in [-0.3, -0.25) is 4.98 Å². The number of aromatic nitrogens is 1. The van der Waals surface area contributed by atoms with Crippen molar-refractivity contribution < 1.29 is 0 Å². The standard InChI is InChI=1S/C8H12N2S/c1-7(9)11-6-8-4-2-3-5-10-8/h2-5,7H,6,9H2,1H3. The van der Waals surface area contributed by atoms with Gasteiger partial charge in [0.2, 0.25) is 0 Å². The Hall–Kier alpha value is -0.540. The number of nitrogens with two attached hydrogens (primary N) is 1. The normalized spacial score (nSPS) is 12.9. The molecule has 3 heteroatoms. The van der Waals surface area contributed by atoms with Crippen LogP contribution in [0.5, 0.6) is 0 Å². The van der Waals surface area contributed by atoms with Crippen molar-refractivity contribution in [2.24, 2.45) is 5.73 Å². The van der Waals surface area contributed by atoms with Crippen LogP contribution in [-0.2, 0) is 5.75 Å². The van der Waals surface area contributed by atoms with Gasteiger partial charge in [0.25, 0.3) is 0 Å². The molecule has 2 nitrogen and oxygen atoms in total. The Bertz CT molecular complexity index is 199. The molecule has 11 heavy (non-hydrogen) atoms. The first-order valence-corrected chi connectivity index (χ1v) is 4.61. The van der Waals surface area contributed by atoms with Crippen molar-refractivity contribution >= 4 is 11.8 Å². The van der Waals surface area contributed by atoms with Crippen molar-refractivity contribution in [3.05, 3.63) is 30.1 Å². The van der Waals surface area contributed by atoms with Gasteiger partial charge in [0.15, 0.2) is 0 Å². The molecule has 1 rings (SSSR count). The maximum absolute atomic E-state index is 5.58. The van der Waals surface area contributed by atoms with Crippen molar-refractivity contribution in [3.8, 4) is 0 Å². The first-order chi connectivity index (χ1) is 5.29. The molecule has 0 aliphatic heterocycles. The average molecular weight is 168 g/mol. The Morgan fingerprint density at radius 3 is 3.00 bits per heavy atom. The van der Waals surface area contributed by atoms with Gasteiger partial charge in [-0.05, 0) is 19.1 Å². The predicted octanol–water partition coefficient (Wildman–Crippen LogP) is 1.62. The Morgan fingerprint density at radius 1 is 1.64 bits per heavy atom. The lowest BCUT2D eigenvalue weighted by Gasteiger charge is -2.02. The molecule has 60 valence electrons. The van der Waals surface area contributed by atoms with Crippen LogP contribution in [0.25, 0.3) is 0 Å². The number of rotatable bonds is 3. The summed E-state index contributed by atoms with van der Waals surface area (Å²) < 4.78 is 0. The van der Waals surface area contributed by atoms with Crippen LogP contribution in [0.15, 0.2) is 24.4 Å². The fourth-order valence-corrected chi connectivity index (χ4v) is 1.30. The maximum Gasteiger partial charge on any atom is 0.0503 e. The van der Waals surface area contributed by atoms with E-state index in [1.54, 1.807) is 18.0 Å². The van der Waals surface area contributed by atoms with E-state index in [1.165, 1.54) is 0 Å². The van der Waals surface area contributed by atoms with E-state index in [4.69, 9.17) is 5.73 Å². The zero-order valence-corrected chi connectivity index (χ0v) is 7.34. The second kappa shape index (κ2) is 4.36. The molecule has 1 aromatic rings. The van der Waals surface area contributed by atoms with Crippen LogP contribution in [0.4, 0.5) is 0 Å². The van der Waals surface area contributed by atoms with Gasteiger partial charge < -0.3 is 5.73 Å². The summed E-state index contributed by atoms with van der Waals surface area (Å²) in [6.45, 7) is 1.98. The third kappa shape index (κ3) is 3.39. The lowest BCUT2D eigenvalue weighted by molar-refractivity contribution is 1.04. The molecule has 0 spiro atoms. The van der Waals surface area contributed by atoms with E-state index in [0.717, 1.165) is 11.4 Å². The zero-order valence-electron chi connectivity index (χ0n) is 6.53. The number of hydrogen-bond acceptors (Lipinski definition) is 3. The molecular weight excluding hydrogens is 156 g/mol. The summed E-state index contributed by atoms with van der Waals surface area (Å²) in [5, 5.41) is 0.192. The summed E-state index contributed by atoms with van der Waals surface area (Å²) in [6.07, 6.45) is 1.80. The molecule has 1 heterocycles. The average Bonchev–Trinajstić information content (AvgIpc) is 2.03. The first kappa shape index (κ1) is 8.56. The zero-order chi connectivity index (χ0) is 8.10. The Labute approximate surface area is 71.2 Å². The fraction of sp³-hybridized carbons (Fsp3) is 0.375. The van der Waals surface area contributed by atoms with Gasteiger partial charge in [0.05, 0.1) is 5.69 Å². The Kier molecular flexibility index (Phi) is 3.39. The van der Waals surface area contributed by atoms with Gasteiger partial charge in [-0.1, -0.05) is 6.07 Å². The number of hydrogen-bond donors (Lipinski definition) is 1. The Balaban J connectivity index is 2.39. The molecule has 2 N–H and O–H groups in total. The fourth-order valence-electron chi connectivity index (χ4n) is 0.700. The monoisotopic (exact) mass is 168 g/mol. The second-order valence-electron chi connectivity index (χ2n) is 2.34. The quantitative estimate of drug-likeness (QED) is 0.697. The van der Waals surface area contributed by atoms with Crippen LogP contribution < -0.4 is 5.73 Å². The Morgan fingerprint density at radius 2 is 2.45 bits per heavy atom. The largest absolute Gasteiger partial charge is 0.320 e. The summed E-state index contributed by atoms with van der Waals surface area (Å²) in [7, 11) is 0. The maximum atomic E-state index is 5.58. The lowest BCUT2D eigenvalue weighted by Crippen LogP contribution is -2.09. The molecule has 1 aromatic heterocycles. The smallest absolute Gasteiger partial charge is 0.0503 e. The highest BCUT2D eigenvalue weighted by Gasteiger charge is 1.95. The van der Waals surface area contributed by atoms with Crippen LogP contribution in [0.2, 0.25) is 0 Å². The first-order valence-electron chi connectivity index (χ1n) is 3.56. The second-order valence-corrected chi connectivity index (χ2v) is 3.70. The van der Waals surface area contributed by atoms with Gasteiger partial charge in [-0.2, -0.15) is 0 Å². The third-order valence-electron chi connectivity index (χ3n) is 1.22. The summed E-state index contributed by atoms with van der Waals surface area (Å²) in [4.78, 5) is 4.17. The van der Waals surface area contributed by atoms with Crippen LogP contribution in [0, 0.1) is 0 Å². The summed E-state index contributed by atoms with van der Waals surface area (Å²) in [6, 6.07) is 5.92. The molecule has 0 saturated heterocycles. The minimum absolute atomic E-state index is 0.192. The lowest BCUT2D eigenvalue weighted by atomic mass is 10.4. The van der Waals surface area contributed by atoms with Gasteiger partial charge >= 0.3 is 0 Å². The van der Waals surface area contributed by atoms with E-state index >= 15 is 0 Å². The van der Waals surface area contributed by atoms with Crippen molar-refractivity contribution in [2.75, 3.05) is 0 Å². The highest BCUT2D eigenvalue weighted by molar-refractivity contribution is 7.99. The van der Waals surface area contributed by atoms with Crippen LogP contribution in [-0.4, -0.2) is 10.4 Å². The minimum atomic E-state index is 0.192. The molecule has 0 saturated carbocycles. The summed E-state index contributed by atoms with van der Waals surface area (Å²) >= 11 is 1.70. The molecule has 0 amide bonds.